The van der Waals surface area contributed by atoms with E-state index in [1.165, 1.54) is 17.4 Å². The quantitative estimate of drug-likeness (QED) is 0.808. The second-order valence-corrected chi connectivity index (χ2v) is 5.39. The van der Waals surface area contributed by atoms with E-state index < -0.39 is 0 Å². The predicted molar refractivity (Wildman–Crippen MR) is 72.9 cm³/mol. The zero-order valence-corrected chi connectivity index (χ0v) is 11.1. The smallest absolute Gasteiger partial charge is 0.140 e. The van der Waals surface area contributed by atoms with Gasteiger partial charge >= 0.3 is 0 Å². The van der Waals surface area contributed by atoms with Gasteiger partial charge < -0.3 is 9.30 Å². The molecule has 0 spiro atoms. The highest BCUT2D eigenvalue weighted by atomic mass is 16.5. The summed E-state index contributed by atoms with van der Waals surface area (Å²) in [5.74, 6) is 0.530. The van der Waals surface area contributed by atoms with Gasteiger partial charge in [-0.15, -0.1) is 0 Å². The Hall–Kier alpha value is -1.35. The van der Waals surface area contributed by atoms with Crippen molar-refractivity contribution in [3.63, 3.8) is 0 Å². The summed E-state index contributed by atoms with van der Waals surface area (Å²) in [6, 6.07) is 4.65. The van der Waals surface area contributed by atoms with Gasteiger partial charge in [0.25, 0.3) is 0 Å². The van der Waals surface area contributed by atoms with E-state index in [4.69, 9.17) is 4.74 Å². The lowest BCUT2D eigenvalue weighted by Crippen LogP contribution is -2.20. The Morgan fingerprint density at radius 2 is 2.33 bits per heavy atom. The molecule has 1 aliphatic rings. The van der Waals surface area contributed by atoms with Gasteiger partial charge in [-0.05, 0) is 36.5 Å². The molecule has 3 heteroatoms. The van der Waals surface area contributed by atoms with Crippen LogP contribution < -0.4 is 0 Å². The van der Waals surface area contributed by atoms with Crippen LogP contribution in [0.4, 0.5) is 0 Å². The number of rotatable bonds is 2. The average Bonchev–Trinajstić information content (AvgIpc) is 2.79. The van der Waals surface area contributed by atoms with Crippen LogP contribution >= 0.6 is 0 Å². The fraction of sp³-hybridized carbons (Fsp3) is 0.533. The van der Waals surface area contributed by atoms with E-state index in [0.29, 0.717) is 12.0 Å². The SMILES string of the molecule is CC(C)c1cn([C@@H]2CCCOC2)c2ncccc12. The van der Waals surface area contributed by atoms with Crippen molar-refractivity contribution in [3.05, 3.63) is 30.1 Å². The van der Waals surface area contributed by atoms with E-state index in [1.807, 2.05) is 12.3 Å². The van der Waals surface area contributed by atoms with E-state index in [0.717, 1.165) is 25.3 Å². The fourth-order valence-corrected chi connectivity index (χ4v) is 2.79. The van der Waals surface area contributed by atoms with Crippen molar-refractivity contribution in [2.75, 3.05) is 13.2 Å². The zero-order valence-electron chi connectivity index (χ0n) is 11.1. The lowest BCUT2D eigenvalue weighted by atomic mass is 10.0. The van der Waals surface area contributed by atoms with Crippen molar-refractivity contribution >= 4 is 11.0 Å². The average molecular weight is 244 g/mol. The van der Waals surface area contributed by atoms with E-state index in [2.05, 4.69) is 35.7 Å². The topological polar surface area (TPSA) is 27.1 Å². The van der Waals surface area contributed by atoms with Gasteiger partial charge in [-0.3, -0.25) is 0 Å². The monoisotopic (exact) mass is 244 g/mol. The van der Waals surface area contributed by atoms with Crippen molar-refractivity contribution in [2.24, 2.45) is 0 Å². The molecule has 3 nitrogen and oxygen atoms in total. The normalized spacial score (nSPS) is 20.7. The first-order chi connectivity index (χ1) is 8.77. The van der Waals surface area contributed by atoms with E-state index >= 15 is 0 Å². The van der Waals surface area contributed by atoms with Gasteiger partial charge in [-0.25, -0.2) is 4.98 Å². The third-order valence-electron chi connectivity index (χ3n) is 3.77. The lowest BCUT2D eigenvalue weighted by Gasteiger charge is -2.24. The van der Waals surface area contributed by atoms with Crippen LogP contribution in [0.3, 0.4) is 0 Å². The Balaban J connectivity index is 2.10. The molecule has 0 radical (unpaired) electrons. The molecule has 0 aliphatic carbocycles. The number of aromatic nitrogens is 2. The molecule has 96 valence electrons. The summed E-state index contributed by atoms with van der Waals surface area (Å²) in [5, 5.41) is 1.29. The first-order valence-corrected chi connectivity index (χ1v) is 6.80. The number of ether oxygens (including phenoxy) is 1. The summed E-state index contributed by atoms with van der Waals surface area (Å²) in [6.07, 6.45) is 6.50. The summed E-state index contributed by atoms with van der Waals surface area (Å²) >= 11 is 0. The second-order valence-electron chi connectivity index (χ2n) is 5.39. The maximum absolute atomic E-state index is 5.61. The first-order valence-electron chi connectivity index (χ1n) is 6.80. The van der Waals surface area contributed by atoms with Crippen LogP contribution in [-0.2, 0) is 4.74 Å². The Kier molecular flexibility index (Phi) is 3.08. The van der Waals surface area contributed by atoms with Crippen molar-refractivity contribution in [1.82, 2.24) is 9.55 Å². The summed E-state index contributed by atoms with van der Waals surface area (Å²) < 4.78 is 7.93. The van der Waals surface area contributed by atoms with Crippen LogP contribution in [0.25, 0.3) is 11.0 Å². The van der Waals surface area contributed by atoms with E-state index in [-0.39, 0.29) is 0 Å². The van der Waals surface area contributed by atoms with Gasteiger partial charge in [0.2, 0.25) is 0 Å². The number of fused-ring (bicyclic) bond motifs is 1. The van der Waals surface area contributed by atoms with Crippen molar-refractivity contribution < 1.29 is 4.74 Å². The second kappa shape index (κ2) is 4.73. The number of nitrogens with zero attached hydrogens (tertiary/aromatic N) is 2. The highest BCUT2D eigenvalue weighted by molar-refractivity contribution is 5.81. The van der Waals surface area contributed by atoms with Crippen LogP contribution in [-0.4, -0.2) is 22.8 Å². The molecule has 0 bridgehead atoms. The molecular formula is C15H20N2O. The molecular weight excluding hydrogens is 224 g/mol. The molecule has 3 rings (SSSR count). The van der Waals surface area contributed by atoms with Gasteiger partial charge in [0.15, 0.2) is 0 Å². The molecule has 0 saturated carbocycles. The van der Waals surface area contributed by atoms with Gasteiger partial charge in [-0.2, -0.15) is 0 Å². The summed E-state index contributed by atoms with van der Waals surface area (Å²) in [5.41, 5.74) is 2.50. The van der Waals surface area contributed by atoms with Crippen LogP contribution in [0.1, 0.15) is 44.2 Å². The minimum atomic E-state index is 0.448. The summed E-state index contributed by atoms with van der Waals surface area (Å²) in [7, 11) is 0. The molecule has 2 aromatic rings. The number of hydrogen-bond donors (Lipinski definition) is 0. The first kappa shape index (κ1) is 11.7. The lowest BCUT2D eigenvalue weighted by molar-refractivity contribution is 0.0604. The van der Waals surface area contributed by atoms with Crippen LogP contribution in [0.15, 0.2) is 24.5 Å². The molecule has 2 aromatic heterocycles. The molecule has 0 amide bonds. The van der Waals surface area contributed by atoms with Crippen molar-refractivity contribution in [1.29, 1.82) is 0 Å². The Morgan fingerprint density at radius 1 is 1.44 bits per heavy atom. The van der Waals surface area contributed by atoms with Crippen LogP contribution in [0.2, 0.25) is 0 Å². The number of hydrogen-bond acceptors (Lipinski definition) is 2. The Labute approximate surface area is 108 Å². The molecule has 1 atom stereocenters. The molecule has 0 N–H and O–H groups in total. The molecule has 0 unspecified atom stereocenters. The highest BCUT2D eigenvalue weighted by Gasteiger charge is 2.20. The molecule has 1 aliphatic heterocycles. The summed E-state index contributed by atoms with van der Waals surface area (Å²) in [4.78, 5) is 4.57. The number of pyridine rings is 1. The largest absolute Gasteiger partial charge is 0.379 e. The van der Waals surface area contributed by atoms with Crippen LogP contribution in [0.5, 0.6) is 0 Å². The minimum absolute atomic E-state index is 0.448. The van der Waals surface area contributed by atoms with E-state index in [9.17, 15) is 0 Å². The van der Waals surface area contributed by atoms with E-state index in [1.54, 1.807) is 0 Å². The highest BCUT2D eigenvalue weighted by Crippen LogP contribution is 2.30. The summed E-state index contributed by atoms with van der Waals surface area (Å²) in [6.45, 7) is 6.20. The third kappa shape index (κ3) is 1.93. The van der Waals surface area contributed by atoms with Crippen molar-refractivity contribution in [2.45, 2.75) is 38.6 Å². The van der Waals surface area contributed by atoms with Gasteiger partial charge in [0.05, 0.1) is 12.6 Å². The maximum atomic E-state index is 5.61. The standard InChI is InChI=1S/C15H20N2O/c1-11(2)14-9-17(12-5-4-8-18-10-12)15-13(14)6-3-7-16-15/h3,6-7,9,11-12H,4-5,8,10H2,1-2H3/t12-/m1/s1. The third-order valence-corrected chi connectivity index (χ3v) is 3.77. The van der Waals surface area contributed by atoms with Gasteiger partial charge in [-0.1, -0.05) is 13.8 Å². The Morgan fingerprint density at radius 3 is 3.06 bits per heavy atom. The molecule has 1 saturated heterocycles. The molecule has 18 heavy (non-hydrogen) atoms. The molecule has 1 fully saturated rings. The molecule has 0 aromatic carbocycles. The predicted octanol–water partition coefficient (Wildman–Crippen LogP) is 3.51. The van der Waals surface area contributed by atoms with Crippen LogP contribution in [0, 0.1) is 0 Å². The van der Waals surface area contributed by atoms with Crippen molar-refractivity contribution in [3.8, 4) is 0 Å². The molecule has 3 heterocycles. The zero-order chi connectivity index (χ0) is 12.5. The Bertz CT molecular complexity index is 538. The maximum Gasteiger partial charge on any atom is 0.140 e. The van der Waals surface area contributed by atoms with Gasteiger partial charge in [0, 0.05) is 24.4 Å². The fourth-order valence-electron chi connectivity index (χ4n) is 2.79. The van der Waals surface area contributed by atoms with Gasteiger partial charge in [0.1, 0.15) is 5.65 Å². The minimum Gasteiger partial charge on any atom is -0.379 e.